The van der Waals surface area contributed by atoms with Crippen LogP contribution in [-0.4, -0.2) is 25.7 Å². The van der Waals surface area contributed by atoms with Crippen LogP contribution >= 0.6 is 0 Å². The van der Waals surface area contributed by atoms with E-state index >= 15 is 0 Å². The molecule has 0 atom stereocenters. The van der Waals surface area contributed by atoms with E-state index in [4.69, 9.17) is 0 Å². The fraction of sp³-hybridized carbons (Fsp3) is 0.111. The number of halogens is 1. The van der Waals surface area contributed by atoms with Gasteiger partial charge in [0.05, 0.1) is 17.8 Å². The van der Waals surface area contributed by atoms with Gasteiger partial charge in [0.15, 0.2) is 0 Å². The highest BCUT2D eigenvalue weighted by atomic mass is 19.1. The number of rotatable bonds is 3. The normalized spacial score (nSPS) is 13.4. The first-order valence-electron chi connectivity index (χ1n) is 7.52. The molecule has 1 aliphatic rings. The molecular formula is C18H14FN3O2. The summed E-state index contributed by atoms with van der Waals surface area (Å²) in [5.74, 6) is -0.987. The van der Waals surface area contributed by atoms with Crippen LogP contribution in [0.3, 0.4) is 0 Å². The first-order valence-corrected chi connectivity index (χ1v) is 7.52. The van der Waals surface area contributed by atoms with E-state index in [0.717, 1.165) is 11.3 Å². The molecule has 1 N–H and O–H groups in total. The van der Waals surface area contributed by atoms with Crippen molar-refractivity contribution in [2.45, 2.75) is 13.1 Å². The van der Waals surface area contributed by atoms with Crippen molar-refractivity contribution < 1.29 is 14.3 Å². The SMILES string of the molecule is O=C1c2c(O)ccc(F)c2CN1Cc1ccc(-n2cccn2)cc1. The lowest BCUT2D eigenvalue weighted by Crippen LogP contribution is -2.23. The first-order chi connectivity index (χ1) is 11.6. The summed E-state index contributed by atoms with van der Waals surface area (Å²) in [5, 5.41) is 14.0. The van der Waals surface area contributed by atoms with Crippen LogP contribution in [0, 0.1) is 5.82 Å². The van der Waals surface area contributed by atoms with Gasteiger partial charge in [0.1, 0.15) is 11.6 Å². The average molecular weight is 323 g/mol. The zero-order chi connectivity index (χ0) is 16.7. The maximum absolute atomic E-state index is 13.9. The van der Waals surface area contributed by atoms with Gasteiger partial charge in [-0.25, -0.2) is 9.07 Å². The van der Waals surface area contributed by atoms with Crippen molar-refractivity contribution >= 4 is 5.91 Å². The molecule has 1 amide bonds. The average Bonchev–Trinajstić information content (AvgIpc) is 3.22. The minimum absolute atomic E-state index is 0.0724. The second-order valence-electron chi connectivity index (χ2n) is 5.70. The van der Waals surface area contributed by atoms with Gasteiger partial charge < -0.3 is 10.0 Å². The Morgan fingerprint density at radius 1 is 1.17 bits per heavy atom. The summed E-state index contributed by atoms with van der Waals surface area (Å²) in [5.41, 5.74) is 2.17. The van der Waals surface area contributed by atoms with Crippen LogP contribution in [0.1, 0.15) is 21.5 Å². The molecule has 120 valence electrons. The van der Waals surface area contributed by atoms with E-state index in [1.807, 2.05) is 36.5 Å². The Labute approximate surface area is 137 Å². The molecule has 4 rings (SSSR count). The van der Waals surface area contributed by atoms with Crippen LogP contribution in [-0.2, 0) is 13.1 Å². The van der Waals surface area contributed by atoms with Gasteiger partial charge in [-0.3, -0.25) is 4.79 Å². The van der Waals surface area contributed by atoms with Crippen molar-refractivity contribution in [2.75, 3.05) is 0 Å². The van der Waals surface area contributed by atoms with Crippen molar-refractivity contribution in [1.29, 1.82) is 0 Å². The largest absolute Gasteiger partial charge is 0.507 e. The minimum Gasteiger partial charge on any atom is -0.507 e. The van der Waals surface area contributed by atoms with Crippen molar-refractivity contribution in [3.8, 4) is 11.4 Å². The summed E-state index contributed by atoms with van der Waals surface area (Å²) < 4.78 is 15.6. The fourth-order valence-corrected chi connectivity index (χ4v) is 2.95. The van der Waals surface area contributed by atoms with Crippen LogP contribution in [0.2, 0.25) is 0 Å². The Bertz CT molecular complexity index is 905. The summed E-state index contributed by atoms with van der Waals surface area (Å²) in [6, 6.07) is 11.9. The number of carbonyl (C=O) groups excluding carboxylic acids is 1. The molecule has 0 aliphatic carbocycles. The quantitative estimate of drug-likeness (QED) is 0.806. The summed E-state index contributed by atoms with van der Waals surface area (Å²) in [7, 11) is 0. The Morgan fingerprint density at radius 3 is 2.62 bits per heavy atom. The Hall–Kier alpha value is -3.15. The molecule has 2 heterocycles. The predicted octanol–water partition coefficient (Wildman–Crippen LogP) is 2.87. The summed E-state index contributed by atoms with van der Waals surface area (Å²) >= 11 is 0. The highest BCUT2D eigenvalue weighted by molar-refractivity contribution is 6.00. The predicted molar refractivity (Wildman–Crippen MR) is 85.2 cm³/mol. The van der Waals surface area contributed by atoms with Gasteiger partial charge >= 0.3 is 0 Å². The van der Waals surface area contributed by atoms with Gasteiger partial charge in [-0.1, -0.05) is 12.1 Å². The summed E-state index contributed by atoms with van der Waals surface area (Å²) in [6.07, 6.45) is 3.55. The molecular weight excluding hydrogens is 309 g/mol. The molecule has 3 aromatic rings. The maximum Gasteiger partial charge on any atom is 0.258 e. The van der Waals surface area contributed by atoms with E-state index in [1.54, 1.807) is 10.9 Å². The molecule has 2 aromatic carbocycles. The number of hydrogen-bond acceptors (Lipinski definition) is 3. The zero-order valence-corrected chi connectivity index (χ0v) is 12.7. The zero-order valence-electron chi connectivity index (χ0n) is 12.7. The lowest BCUT2D eigenvalue weighted by molar-refractivity contribution is 0.0764. The van der Waals surface area contributed by atoms with Gasteiger partial charge in [0.2, 0.25) is 0 Å². The van der Waals surface area contributed by atoms with Crippen LogP contribution in [0.5, 0.6) is 5.75 Å². The molecule has 0 saturated carbocycles. The van der Waals surface area contributed by atoms with Gasteiger partial charge in [0, 0.05) is 24.5 Å². The second-order valence-corrected chi connectivity index (χ2v) is 5.70. The third kappa shape index (κ3) is 2.32. The van der Waals surface area contributed by atoms with Crippen LogP contribution < -0.4 is 0 Å². The Balaban J connectivity index is 1.56. The maximum atomic E-state index is 13.9. The molecule has 0 spiro atoms. The number of aromatic hydroxyl groups is 1. The molecule has 24 heavy (non-hydrogen) atoms. The van der Waals surface area contributed by atoms with Gasteiger partial charge in [-0.05, 0) is 35.9 Å². The Morgan fingerprint density at radius 2 is 1.96 bits per heavy atom. The lowest BCUT2D eigenvalue weighted by atomic mass is 10.1. The van der Waals surface area contributed by atoms with Gasteiger partial charge in [0.25, 0.3) is 5.91 Å². The number of phenolic OH excluding ortho intramolecular Hbond substituents is 1. The molecule has 6 heteroatoms. The summed E-state index contributed by atoms with van der Waals surface area (Å²) in [6.45, 7) is 0.515. The standard InChI is InChI=1S/C18H14FN3O2/c19-15-6-7-16(23)17-14(15)11-21(18(17)24)10-12-2-4-13(5-3-12)22-9-1-8-20-22/h1-9,23H,10-11H2. The number of nitrogens with zero attached hydrogens (tertiary/aromatic N) is 3. The van der Waals surface area contributed by atoms with E-state index in [1.165, 1.54) is 17.0 Å². The van der Waals surface area contributed by atoms with Crippen LogP contribution in [0.4, 0.5) is 4.39 Å². The number of fused-ring (bicyclic) bond motifs is 1. The van der Waals surface area contributed by atoms with E-state index in [-0.39, 0.29) is 29.3 Å². The van der Waals surface area contributed by atoms with Crippen molar-refractivity contribution in [2.24, 2.45) is 0 Å². The molecule has 0 radical (unpaired) electrons. The Kier molecular flexibility index (Phi) is 3.30. The first kappa shape index (κ1) is 14.4. The number of aromatic nitrogens is 2. The second kappa shape index (κ2) is 5.49. The van der Waals surface area contributed by atoms with Gasteiger partial charge in [-0.2, -0.15) is 5.10 Å². The molecule has 1 aliphatic heterocycles. The highest BCUT2D eigenvalue weighted by Gasteiger charge is 2.32. The molecule has 1 aromatic heterocycles. The molecule has 0 saturated heterocycles. The van der Waals surface area contributed by atoms with Crippen molar-refractivity contribution in [3.63, 3.8) is 0 Å². The summed E-state index contributed by atoms with van der Waals surface area (Å²) in [4.78, 5) is 13.9. The van der Waals surface area contributed by atoms with E-state index in [0.29, 0.717) is 6.54 Å². The molecule has 5 nitrogen and oxygen atoms in total. The highest BCUT2D eigenvalue weighted by Crippen LogP contribution is 2.32. The van der Waals surface area contributed by atoms with Gasteiger partial charge in [-0.15, -0.1) is 0 Å². The third-order valence-electron chi connectivity index (χ3n) is 4.16. The van der Waals surface area contributed by atoms with Crippen LogP contribution in [0.15, 0.2) is 54.9 Å². The number of amides is 1. The fourth-order valence-electron chi connectivity index (χ4n) is 2.95. The van der Waals surface area contributed by atoms with Crippen molar-refractivity contribution in [1.82, 2.24) is 14.7 Å². The number of benzene rings is 2. The number of hydrogen-bond donors (Lipinski definition) is 1. The molecule has 0 unspecified atom stereocenters. The third-order valence-corrected chi connectivity index (χ3v) is 4.16. The van der Waals surface area contributed by atoms with Crippen molar-refractivity contribution in [3.05, 3.63) is 77.4 Å². The minimum atomic E-state index is -0.465. The monoisotopic (exact) mass is 323 g/mol. The van der Waals surface area contributed by atoms with E-state index < -0.39 is 5.82 Å². The smallest absolute Gasteiger partial charge is 0.258 e. The number of phenols is 1. The molecule has 0 bridgehead atoms. The lowest BCUT2D eigenvalue weighted by Gasteiger charge is -2.16. The number of carbonyl (C=O) groups is 1. The van der Waals surface area contributed by atoms with E-state index in [9.17, 15) is 14.3 Å². The topological polar surface area (TPSA) is 58.4 Å². The van der Waals surface area contributed by atoms with E-state index in [2.05, 4.69) is 5.10 Å². The molecule has 0 fully saturated rings. The van der Waals surface area contributed by atoms with Crippen LogP contribution in [0.25, 0.3) is 5.69 Å².